The van der Waals surface area contributed by atoms with Gasteiger partial charge in [0.05, 0.1) is 29.6 Å². The first-order valence-electron chi connectivity index (χ1n) is 6.82. The minimum atomic E-state index is -1.11. The van der Waals surface area contributed by atoms with E-state index in [1.165, 1.54) is 0 Å². The summed E-state index contributed by atoms with van der Waals surface area (Å²) >= 11 is -1.11. The van der Waals surface area contributed by atoms with E-state index in [0.29, 0.717) is 0 Å². The van der Waals surface area contributed by atoms with Gasteiger partial charge in [0.1, 0.15) is 4.75 Å². The number of hydrogen-bond donors (Lipinski definition) is 1. The summed E-state index contributed by atoms with van der Waals surface area (Å²) in [5.41, 5.74) is 1.91. The Kier molecular flexibility index (Phi) is 4.36. The lowest BCUT2D eigenvalue weighted by Gasteiger charge is -2.26. The fraction of sp³-hybridized carbons (Fsp3) is 0.571. The minimum absolute atomic E-state index is 0.0653. The maximum Gasteiger partial charge on any atom is 0.136 e. The Morgan fingerprint density at radius 3 is 2.70 bits per heavy atom. The Morgan fingerprint density at radius 2 is 2.10 bits per heavy atom. The molecule has 2 heterocycles. The van der Waals surface area contributed by atoms with Crippen molar-refractivity contribution in [2.24, 2.45) is 0 Å². The van der Waals surface area contributed by atoms with Crippen LogP contribution in [0.2, 0.25) is 0 Å². The molecular formula is C14H22N4OS. The molecule has 0 aliphatic rings. The van der Waals surface area contributed by atoms with Crippen molar-refractivity contribution >= 4 is 22.3 Å². The molecule has 6 heteroatoms. The van der Waals surface area contributed by atoms with Gasteiger partial charge in [0.2, 0.25) is 0 Å². The fourth-order valence-electron chi connectivity index (χ4n) is 1.88. The second-order valence-electron chi connectivity index (χ2n) is 5.85. The highest BCUT2D eigenvalue weighted by molar-refractivity contribution is 7.90. The average molecular weight is 294 g/mol. The second kappa shape index (κ2) is 5.71. The maximum absolute atomic E-state index is 12.1. The van der Waals surface area contributed by atoms with Gasteiger partial charge in [0.25, 0.3) is 0 Å². The van der Waals surface area contributed by atoms with Crippen molar-refractivity contribution in [1.29, 1.82) is 0 Å². The van der Waals surface area contributed by atoms with Crippen LogP contribution >= 0.6 is 0 Å². The zero-order valence-electron chi connectivity index (χ0n) is 12.7. The molecule has 0 amide bonds. The van der Waals surface area contributed by atoms with Crippen LogP contribution in [0.25, 0.3) is 10.9 Å². The lowest BCUT2D eigenvalue weighted by molar-refractivity contribution is 0.529. The van der Waals surface area contributed by atoms with Gasteiger partial charge in [-0.1, -0.05) is 0 Å². The van der Waals surface area contributed by atoms with Gasteiger partial charge in [0, 0.05) is 23.3 Å². The van der Waals surface area contributed by atoms with Crippen LogP contribution in [-0.4, -0.2) is 24.1 Å². The predicted octanol–water partition coefficient (Wildman–Crippen LogP) is 2.56. The molecule has 0 fully saturated rings. The van der Waals surface area contributed by atoms with Crippen molar-refractivity contribution in [3.05, 3.63) is 24.2 Å². The van der Waals surface area contributed by atoms with E-state index in [1.807, 2.05) is 50.8 Å². The van der Waals surface area contributed by atoms with Crippen molar-refractivity contribution in [3.63, 3.8) is 0 Å². The Morgan fingerprint density at radius 1 is 1.40 bits per heavy atom. The zero-order chi connectivity index (χ0) is 14.9. The summed E-state index contributed by atoms with van der Waals surface area (Å²) in [6, 6.07) is 1.94. The highest BCUT2D eigenvalue weighted by Gasteiger charge is 2.28. The largest absolute Gasteiger partial charge is 0.598 e. The van der Waals surface area contributed by atoms with Crippen LogP contribution < -0.4 is 4.72 Å². The van der Waals surface area contributed by atoms with Gasteiger partial charge in [0.15, 0.2) is 0 Å². The summed E-state index contributed by atoms with van der Waals surface area (Å²) in [5.74, 6) is 0. The van der Waals surface area contributed by atoms with Crippen LogP contribution in [0.15, 0.2) is 18.5 Å². The normalized spacial score (nSPS) is 15.5. The number of aryl methyl sites for hydroxylation is 1. The van der Waals surface area contributed by atoms with Crippen LogP contribution in [0.3, 0.4) is 0 Å². The highest BCUT2D eigenvalue weighted by Crippen LogP contribution is 2.21. The Hall–Kier alpha value is -1.11. The molecule has 0 saturated heterocycles. The molecule has 2 unspecified atom stereocenters. The van der Waals surface area contributed by atoms with E-state index in [4.69, 9.17) is 0 Å². The number of nitrogens with one attached hydrogen (secondary N) is 1. The van der Waals surface area contributed by atoms with Crippen molar-refractivity contribution in [2.45, 2.75) is 52.0 Å². The fourth-order valence-corrected chi connectivity index (χ4v) is 2.68. The van der Waals surface area contributed by atoms with Gasteiger partial charge in [-0.15, -0.1) is 4.72 Å². The predicted molar refractivity (Wildman–Crippen MR) is 82.6 cm³/mol. The molecule has 5 nitrogen and oxygen atoms in total. The monoisotopic (exact) mass is 294 g/mol. The standard InChI is InChI=1S/C14H22N4OS/c1-6-18-13-9-15-12(7-11(13)8-16-18)10(2)17-20(19)14(3,4)5/h7-10,17H,6H2,1-5H3. The van der Waals surface area contributed by atoms with Crippen molar-refractivity contribution < 1.29 is 4.55 Å². The Bertz CT molecular complexity index is 590. The topological polar surface area (TPSA) is 65.8 Å². The molecule has 2 atom stereocenters. The van der Waals surface area contributed by atoms with E-state index >= 15 is 0 Å². The summed E-state index contributed by atoms with van der Waals surface area (Å²) in [6.45, 7) is 10.7. The van der Waals surface area contributed by atoms with Crippen molar-refractivity contribution in [3.8, 4) is 0 Å². The summed E-state index contributed by atoms with van der Waals surface area (Å²) in [4.78, 5) is 4.46. The van der Waals surface area contributed by atoms with Crippen molar-refractivity contribution in [2.75, 3.05) is 0 Å². The molecular weight excluding hydrogens is 272 g/mol. The minimum Gasteiger partial charge on any atom is -0.598 e. The molecule has 0 aromatic carbocycles. The lowest BCUT2D eigenvalue weighted by atomic mass is 10.2. The molecule has 2 aromatic heterocycles. The highest BCUT2D eigenvalue weighted by atomic mass is 32.2. The molecule has 0 aliphatic carbocycles. The van der Waals surface area contributed by atoms with E-state index in [-0.39, 0.29) is 10.8 Å². The molecule has 0 saturated carbocycles. The zero-order valence-corrected chi connectivity index (χ0v) is 13.5. The van der Waals surface area contributed by atoms with Crippen LogP contribution in [0.1, 0.15) is 46.4 Å². The number of hydrogen-bond acceptors (Lipinski definition) is 4. The average Bonchev–Trinajstić information content (AvgIpc) is 2.79. The SMILES string of the molecule is CCn1ncc2cc(C(C)N[S+]([O-])C(C)(C)C)ncc21. The van der Waals surface area contributed by atoms with Crippen LogP contribution in [0, 0.1) is 0 Å². The number of fused-ring (bicyclic) bond motifs is 1. The number of nitrogens with zero attached hydrogens (tertiary/aromatic N) is 3. The van der Waals surface area contributed by atoms with E-state index in [0.717, 1.165) is 23.1 Å². The molecule has 1 N–H and O–H groups in total. The van der Waals surface area contributed by atoms with Crippen LogP contribution in [0.5, 0.6) is 0 Å². The van der Waals surface area contributed by atoms with Gasteiger partial charge in [-0.25, -0.2) is 0 Å². The number of rotatable bonds is 4. The first-order valence-corrected chi connectivity index (χ1v) is 7.97. The molecule has 0 bridgehead atoms. The second-order valence-corrected chi connectivity index (χ2v) is 7.85. The molecule has 0 aliphatic heterocycles. The first kappa shape index (κ1) is 15.3. The van der Waals surface area contributed by atoms with Crippen LogP contribution in [0.4, 0.5) is 0 Å². The van der Waals surface area contributed by atoms with E-state index in [9.17, 15) is 4.55 Å². The maximum atomic E-state index is 12.1. The Labute approximate surface area is 123 Å². The van der Waals surface area contributed by atoms with Crippen LogP contribution in [-0.2, 0) is 17.9 Å². The number of pyridine rings is 1. The Balaban J connectivity index is 2.20. The molecule has 0 spiro atoms. The van der Waals surface area contributed by atoms with E-state index < -0.39 is 11.4 Å². The number of aromatic nitrogens is 3. The molecule has 110 valence electrons. The van der Waals surface area contributed by atoms with Gasteiger partial charge < -0.3 is 4.55 Å². The van der Waals surface area contributed by atoms with Gasteiger partial charge in [-0.3, -0.25) is 9.67 Å². The smallest absolute Gasteiger partial charge is 0.136 e. The summed E-state index contributed by atoms with van der Waals surface area (Å²) < 4.78 is 16.9. The molecule has 2 aromatic rings. The summed E-state index contributed by atoms with van der Waals surface area (Å²) in [5, 5.41) is 5.37. The third-order valence-electron chi connectivity index (χ3n) is 3.13. The molecule has 20 heavy (non-hydrogen) atoms. The first-order chi connectivity index (χ1) is 9.32. The molecule has 2 rings (SSSR count). The van der Waals surface area contributed by atoms with Gasteiger partial charge in [-0.05, 0) is 40.7 Å². The molecule has 0 radical (unpaired) electrons. The van der Waals surface area contributed by atoms with E-state index in [2.05, 4.69) is 21.7 Å². The summed E-state index contributed by atoms with van der Waals surface area (Å²) in [6.07, 6.45) is 3.68. The van der Waals surface area contributed by atoms with E-state index in [1.54, 1.807) is 0 Å². The third-order valence-corrected chi connectivity index (χ3v) is 4.81. The van der Waals surface area contributed by atoms with Gasteiger partial charge in [-0.2, -0.15) is 5.10 Å². The van der Waals surface area contributed by atoms with Crippen molar-refractivity contribution in [1.82, 2.24) is 19.5 Å². The third kappa shape index (κ3) is 3.13. The lowest BCUT2D eigenvalue weighted by Crippen LogP contribution is -2.40. The summed E-state index contributed by atoms with van der Waals surface area (Å²) in [7, 11) is 0. The van der Waals surface area contributed by atoms with Gasteiger partial charge >= 0.3 is 0 Å². The quantitative estimate of drug-likeness (QED) is 0.880.